The van der Waals surface area contributed by atoms with Crippen molar-refractivity contribution in [1.29, 1.82) is 0 Å². The van der Waals surface area contributed by atoms with E-state index >= 15 is 0 Å². The van der Waals surface area contributed by atoms with E-state index in [4.69, 9.17) is 0 Å². The van der Waals surface area contributed by atoms with Gasteiger partial charge in [0.05, 0.1) is 10.6 Å². The molecule has 0 spiro atoms. The molecule has 0 bridgehead atoms. The lowest BCUT2D eigenvalue weighted by molar-refractivity contribution is 0.102. The van der Waals surface area contributed by atoms with Gasteiger partial charge in [0.1, 0.15) is 11.6 Å². The van der Waals surface area contributed by atoms with Gasteiger partial charge >= 0.3 is 0 Å². The molecule has 28 heavy (non-hydrogen) atoms. The first kappa shape index (κ1) is 20.4. The van der Waals surface area contributed by atoms with Crippen LogP contribution in [-0.2, 0) is 10.0 Å². The number of hydrogen-bond donors (Lipinski definition) is 1. The minimum Gasteiger partial charge on any atom is -0.319 e. The standard InChI is InChI=1S/C20H22F2N2O3S/c1-13-6-8-16(28(26,27)24-10-4-3-5-14(24)2)12-17(13)20(25)23-19-11-15(21)7-9-18(19)22/h6-9,11-12,14H,3-5,10H2,1-2H3,(H,23,25). The average Bonchev–Trinajstić information content (AvgIpc) is 2.65. The van der Waals surface area contributed by atoms with E-state index in [9.17, 15) is 22.0 Å². The lowest BCUT2D eigenvalue weighted by atomic mass is 10.1. The van der Waals surface area contributed by atoms with Crippen LogP contribution in [0.2, 0.25) is 0 Å². The van der Waals surface area contributed by atoms with Crippen LogP contribution in [0.3, 0.4) is 0 Å². The molecule has 0 saturated carbocycles. The first-order valence-electron chi connectivity index (χ1n) is 9.09. The van der Waals surface area contributed by atoms with Gasteiger partial charge < -0.3 is 5.32 Å². The molecule has 150 valence electrons. The fourth-order valence-electron chi connectivity index (χ4n) is 3.35. The van der Waals surface area contributed by atoms with Gasteiger partial charge in [0, 0.05) is 24.2 Å². The smallest absolute Gasteiger partial charge is 0.256 e. The Hall–Kier alpha value is -2.32. The molecule has 1 amide bonds. The first-order valence-corrected chi connectivity index (χ1v) is 10.5. The van der Waals surface area contributed by atoms with Crippen LogP contribution in [0, 0.1) is 18.6 Å². The molecule has 1 fully saturated rings. The van der Waals surface area contributed by atoms with E-state index in [1.807, 2.05) is 6.92 Å². The number of rotatable bonds is 4. The Balaban J connectivity index is 1.93. The molecule has 1 atom stereocenters. The van der Waals surface area contributed by atoms with E-state index in [1.165, 1.54) is 16.4 Å². The number of halogens is 2. The third kappa shape index (κ3) is 4.07. The number of hydrogen-bond acceptors (Lipinski definition) is 3. The minimum absolute atomic E-state index is 0.0108. The summed E-state index contributed by atoms with van der Waals surface area (Å²) in [6, 6.07) is 6.92. The largest absolute Gasteiger partial charge is 0.319 e. The van der Waals surface area contributed by atoms with Crippen molar-refractivity contribution in [3.8, 4) is 0 Å². The maximum atomic E-state index is 13.8. The molecule has 0 aliphatic carbocycles. The van der Waals surface area contributed by atoms with Crippen LogP contribution in [0.1, 0.15) is 42.1 Å². The van der Waals surface area contributed by atoms with Crippen molar-refractivity contribution in [2.24, 2.45) is 0 Å². The highest BCUT2D eigenvalue weighted by Crippen LogP contribution is 2.27. The Morgan fingerprint density at radius 1 is 1.14 bits per heavy atom. The molecule has 3 rings (SSSR count). The molecule has 0 radical (unpaired) electrons. The van der Waals surface area contributed by atoms with Gasteiger partial charge in [-0.25, -0.2) is 17.2 Å². The molecule has 2 aromatic rings. The number of nitrogens with one attached hydrogen (secondary N) is 1. The zero-order valence-electron chi connectivity index (χ0n) is 15.7. The maximum absolute atomic E-state index is 13.8. The van der Waals surface area contributed by atoms with Crippen molar-refractivity contribution >= 4 is 21.6 Å². The molecule has 1 aliphatic heterocycles. The van der Waals surface area contributed by atoms with Crippen LogP contribution in [0.5, 0.6) is 0 Å². The monoisotopic (exact) mass is 408 g/mol. The molecular formula is C20H22F2N2O3S. The van der Waals surface area contributed by atoms with Gasteiger partial charge in [-0.15, -0.1) is 0 Å². The second-order valence-corrected chi connectivity index (χ2v) is 8.91. The summed E-state index contributed by atoms with van der Waals surface area (Å²) >= 11 is 0. The van der Waals surface area contributed by atoms with Gasteiger partial charge in [0.15, 0.2) is 0 Å². The lowest BCUT2D eigenvalue weighted by Gasteiger charge is -2.32. The highest BCUT2D eigenvalue weighted by molar-refractivity contribution is 7.89. The number of aryl methyl sites for hydroxylation is 1. The van der Waals surface area contributed by atoms with Crippen molar-refractivity contribution in [2.75, 3.05) is 11.9 Å². The summed E-state index contributed by atoms with van der Waals surface area (Å²) in [7, 11) is -3.75. The predicted octanol–water partition coefficient (Wildman–Crippen LogP) is 4.09. The molecule has 5 nitrogen and oxygen atoms in total. The van der Waals surface area contributed by atoms with Crippen molar-refractivity contribution in [3.63, 3.8) is 0 Å². The highest BCUT2D eigenvalue weighted by Gasteiger charge is 2.31. The first-order chi connectivity index (χ1) is 13.2. The topological polar surface area (TPSA) is 66.5 Å². The lowest BCUT2D eigenvalue weighted by Crippen LogP contribution is -2.42. The average molecular weight is 408 g/mol. The summed E-state index contributed by atoms with van der Waals surface area (Å²) in [4.78, 5) is 12.6. The number of benzene rings is 2. The normalized spacial score (nSPS) is 18.1. The summed E-state index contributed by atoms with van der Waals surface area (Å²) in [6.07, 6.45) is 2.56. The fraction of sp³-hybridized carbons (Fsp3) is 0.350. The molecule has 1 saturated heterocycles. The summed E-state index contributed by atoms with van der Waals surface area (Å²) in [5.41, 5.74) is 0.316. The van der Waals surface area contributed by atoms with Crippen molar-refractivity contribution in [1.82, 2.24) is 4.31 Å². The van der Waals surface area contributed by atoms with Gasteiger partial charge in [0.2, 0.25) is 10.0 Å². The molecule has 0 aromatic heterocycles. The summed E-state index contributed by atoms with van der Waals surface area (Å²) < 4.78 is 54.7. The zero-order chi connectivity index (χ0) is 20.5. The molecule has 8 heteroatoms. The SMILES string of the molecule is Cc1ccc(S(=O)(=O)N2CCCCC2C)cc1C(=O)Nc1cc(F)ccc1F. The van der Waals surface area contributed by atoms with Crippen LogP contribution >= 0.6 is 0 Å². The molecule has 1 N–H and O–H groups in total. The Kier molecular flexibility index (Phi) is 5.81. The van der Waals surface area contributed by atoms with Gasteiger partial charge in [-0.3, -0.25) is 4.79 Å². The summed E-state index contributed by atoms with van der Waals surface area (Å²) in [6.45, 7) is 3.95. The number of sulfonamides is 1. The number of nitrogens with zero attached hydrogens (tertiary/aromatic N) is 1. The van der Waals surface area contributed by atoms with E-state index < -0.39 is 27.6 Å². The van der Waals surface area contributed by atoms with Crippen LogP contribution in [0.4, 0.5) is 14.5 Å². The summed E-state index contributed by atoms with van der Waals surface area (Å²) in [5, 5.41) is 2.31. The summed E-state index contributed by atoms with van der Waals surface area (Å²) in [5.74, 6) is -2.17. The molecular weight excluding hydrogens is 386 g/mol. The fourth-order valence-corrected chi connectivity index (χ4v) is 5.08. The third-order valence-electron chi connectivity index (χ3n) is 4.98. The van der Waals surface area contributed by atoms with Gasteiger partial charge in [0.25, 0.3) is 5.91 Å². The Morgan fingerprint density at radius 3 is 2.61 bits per heavy atom. The third-order valence-corrected chi connectivity index (χ3v) is 6.99. The number of piperidine rings is 1. The Labute approximate surface area is 163 Å². The molecule has 2 aromatic carbocycles. The molecule has 1 unspecified atom stereocenters. The number of amides is 1. The maximum Gasteiger partial charge on any atom is 0.256 e. The molecule has 1 heterocycles. The Morgan fingerprint density at radius 2 is 1.89 bits per heavy atom. The minimum atomic E-state index is -3.75. The van der Waals surface area contributed by atoms with Crippen molar-refractivity contribution < 1.29 is 22.0 Å². The van der Waals surface area contributed by atoms with Crippen LogP contribution < -0.4 is 5.32 Å². The van der Waals surface area contributed by atoms with E-state index in [2.05, 4.69) is 5.32 Å². The van der Waals surface area contributed by atoms with Crippen molar-refractivity contribution in [3.05, 3.63) is 59.2 Å². The van der Waals surface area contributed by atoms with Crippen LogP contribution in [-0.4, -0.2) is 31.2 Å². The van der Waals surface area contributed by atoms with E-state index in [1.54, 1.807) is 13.0 Å². The number of anilines is 1. The van der Waals surface area contributed by atoms with Crippen LogP contribution in [0.25, 0.3) is 0 Å². The second-order valence-electron chi connectivity index (χ2n) is 7.02. The van der Waals surface area contributed by atoms with E-state index in [0.29, 0.717) is 12.1 Å². The van der Waals surface area contributed by atoms with Crippen LogP contribution in [0.15, 0.2) is 41.3 Å². The Bertz CT molecular complexity index is 1010. The highest BCUT2D eigenvalue weighted by atomic mass is 32.2. The zero-order valence-corrected chi connectivity index (χ0v) is 16.5. The predicted molar refractivity (Wildman–Crippen MR) is 103 cm³/mol. The van der Waals surface area contributed by atoms with E-state index in [-0.39, 0.29) is 22.2 Å². The number of carbonyl (C=O) groups is 1. The van der Waals surface area contributed by atoms with Gasteiger partial charge in [-0.1, -0.05) is 12.5 Å². The second kappa shape index (κ2) is 7.97. The molecule has 1 aliphatic rings. The van der Waals surface area contributed by atoms with Gasteiger partial charge in [-0.05, 0) is 56.5 Å². The van der Waals surface area contributed by atoms with Crippen molar-refractivity contribution in [2.45, 2.75) is 44.0 Å². The van der Waals surface area contributed by atoms with E-state index in [0.717, 1.165) is 37.5 Å². The van der Waals surface area contributed by atoms with Gasteiger partial charge in [-0.2, -0.15) is 4.31 Å². The number of carbonyl (C=O) groups excluding carboxylic acids is 1. The quantitative estimate of drug-likeness (QED) is 0.829.